The van der Waals surface area contributed by atoms with Crippen LogP contribution in [0.15, 0.2) is 18.2 Å². The summed E-state index contributed by atoms with van der Waals surface area (Å²) in [5, 5.41) is 0.936. The predicted octanol–water partition coefficient (Wildman–Crippen LogP) is 2.20. The molecular weight excluding hydrogens is 280 g/mol. The molecule has 0 atom stereocenters. The van der Waals surface area contributed by atoms with E-state index in [2.05, 4.69) is 9.72 Å². The van der Waals surface area contributed by atoms with Crippen molar-refractivity contribution in [2.45, 2.75) is 0 Å². The van der Waals surface area contributed by atoms with E-state index in [9.17, 15) is 4.79 Å². The first kappa shape index (κ1) is 14.1. The summed E-state index contributed by atoms with van der Waals surface area (Å²) in [6, 6.07) is 5.36. The van der Waals surface area contributed by atoms with E-state index < -0.39 is 5.97 Å². The average Bonchev–Trinajstić information content (AvgIpc) is 2.87. The van der Waals surface area contributed by atoms with Gasteiger partial charge in [-0.3, -0.25) is 0 Å². The van der Waals surface area contributed by atoms with Crippen LogP contribution in [0.5, 0.6) is 11.5 Å². The number of thiazole rings is 1. The zero-order valence-corrected chi connectivity index (χ0v) is 12.1. The number of nitrogen functional groups attached to an aromatic ring is 1. The number of esters is 1. The second kappa shape index (κ2) is 5.79. The molecule has 0 saturated carbocycles. The summed E-state index contributed by atoms with van der Waals surface area (Å²) in [5.41, 5.74) is 6.69. The van der Waals surface area contributed by atoms with E-state index in [1.165, 1.54) is 18.4 Å². The molecule has 2 aromatic rings. The van der Waals surface area contributed by atoms with Crippen LogP contribution >= 0.6 is 11.3 Å². The Morgan fingerprint density at radius 1 is 1.20 bits per heavy atom. The molecule has 2 rings (SSSR count). The largest absolute Gasteiger partial charge is 0.493 e. The van der Waals surface area contributed by atoms with Gasteiger partial charge >= 0.3 is 5.97 Å². The van der Waals surface area contributed by atoms with Crippen molar-refractivity contribution in [3.63, 3.8) is 0 Å². The molecule has 0 unspecified atom stereocenters. The number of hydrogen-bond donors (Lipinski definition) is 1. The molecule has 20 heavy (non-hydrogen) atoms. The van der Waals surface area contributed by atoms with Gasteiger partial charge in [0.1, 0.15) is 10.0 Å². The highest BCUT2D eigenvalue weighted by atomic mass is 32.1. The Kier molecular flexibility index (Phi) is 4.09. The minimum Gasteiger partial charge on any atom is -0.493 e. The number of nitrogens with zero attached hydrogens (tertiary/aromatic N) is 1. The fraction of sp³-hybridized carbons (Fsp3) is 0.231. The lowest BCUT2D eigenvalue weighted by Crippen LogP contribution is -2.04. The maximum atomic E-state index is 11.5. The lowest BCUT2D eigenvalue weighted by Gasteiger charge is -2.08. The smallest absolute Gasteiger partial charge is 0.359 e. The monoisotopic (exact) mass is 294 g/mol. The number of carbonyl (C=O) groups excluding carboxylic acids is 1. The summed E-state index contributed by atoms with van der Waals surface area (Å²) >= 11 is 1.21. The van der Waals surface area contributed by atoms with Gasteiger partial charge < -0.3 is 19.9 Å². The van der Waals surface area contributed by atoms with Crippen LogP contribution in [0.25, 0.3) is 10.6 Å². The Hall–Kier alpha value is -2.28. The van der Waals surface area contributed by atoms with Crippen LogP contribution in [0.4, 0.5) is 5.00 Å². The molecular formula is C13H14N2O4S. The topological polar surface area (TPSA) is 83.7 Å². The highest BCUT2D eigenvalue weighted by molar-refractivity contribution is 7.19. The summed E-state index contributed by atoms with van der Waals surface area (Å²) in [6.45, 7) is 0. The minimum atomic E-state index is -0.550. The number of rotatable bonds is 4. The number of ether oxygens (including phenoxy) is 3. The predicted molar refractivity (Wildman–Crippen MR) is 76.4 cm³/mol. The number of hydrogen-bond acceptors (Lipinski definition) is 7. The third-order valence-corrected chi connectivity index (χ3v) is 3.60. The van der Waals surface area contributed by atoms with Gasteiger partial charge in [-0.05, 0) is 18.2 Å². The van der Waals surface area contributed by atoms with E-state index in [1.54, 1.807) is 26.4 Å². The first-order valence-electron chi connectivity index (χ1n) is 5.67. The van der Waals surface area contributed by atoms with Crippen molar-refractivity contribution in [3.05, 3.63) is 23.9 Å². The molecule has 0 saturated heterocycles. The van der Waals surface area contributed by atoms with Crippen molar-refractivity contribution >= 4 is 22.3 Å². The van der Waals surface area contributed by atoms with Crippen LogP contribution in [-0.4, -0.2) is 32.3 Å². The van der Waals surface area contributed by atoms with Crippen molar-refractivity contribution < 1.29 is 19.0 Å². The fourth-order valence-electron chi connectivity index (χ4n) is 1.67. The number of nitrogens with two attached hydrogens (primary N) is 1. The van der Waals surface area contributed by atoms with Gasteiger partial charge in [0.05, 0.1) is 21.3 Å². The second-order valence-corrected chi connectivity index (χ2v) is 4.82. The molecule has 106 valence electrons. The van der Waals surface area contributed by atoms with Crippen molar-refractivity contribution in [2.24, 2.45) is 0 Å². The summed E-state index contributed by atoms with van der Waals surface area (Å²) in [4.78, 5) is 15.7. The number of aromatic nitrogens is 1. The summed E-state index contributed by atoms with van der Waals surface area (Å²) in [7, 11) is 4.41. The van der Waals surface area contributed by atoms with Crippen LogP contribution in [0.3, 0.4) is 0 Å². The van der Waals surface area contributed by atoms with E-state index in [4.69, 9.17) is 15.2 Å². The average molecular weight is 294 g/mol. The van der Waals surface area contributed by atoms with Gasteiger partial charge in [0.25, 0.3) is 0 Å². The van der Waals surface area contributed by atoms with Crippen molar-refractivity contribution in [2.75, 3.05) is 27.1 Å². The van der Waals surface area contributed by atoms with Gasteiger partial charge in [0.15, 0.2) is 17.2 Å². The van der Waals surface area contributed by atoms with Crippen LogP contribution in [0, 0.1) is 0 Å². The molecule has 0 spiro atoms. The second-order valence-electron chi connectivity index (χ2n) is 3.79. The van der Waals surface area contributed by atoms with E-state index in [1.807, 2.05) is 6.07 Å². The third kappa shape index (κ3) is 2.53. The standard InChI is InChI=1S/C13H14N2O4S/c1-17-8-5-4-7(6-9(8)18-2)12-15-10(11(14)20-12)13(16)19-3/h4-6H,14H2,1-3H3. The molecule has 1 aromatic carbocycles. The lowest BCUT2D eigenvalue weighted by molar-refractivity contribution is 0.0596. The molecule has 1 heterocycles. The van der Waals surface area contributed by atoms with Gasteiger partial charge in [-0.2, -0.15) is 0 Å². The Labute approximate surface area is 120 Å². The van der Waals surface area contributed by atoms with E-state index in [-0.39, 0.29) is 5.69 Å². The van der Waals surface area contributed by atoms with Crippen LogP contribution in [0.1, 0.15) is 10.5 Å². The van der Waals surface area contributed by atoms with Crippen LogP contribution < -0.4 is 15.2 Å². The molecule has 0 radical (unpaired) electrons. The highest BCUT2D eigenvalue weighted by Gasteiger charge is 2.18. The molecule has 6 nitrogen and oxygen atoms in total. The van der Waals surface area contributed by atoms with Crippen LogP contribution in [0.2, 0.25) is 0 Å². The summed E-state index contributed by atoms with van der Waals surface area (Å²) < 4.78 is 15.0. The van der Waals surface area contributed by atoms with E-state index in [0.717, 1.165) is 5.56 Å². The Balaban J connectivity index is 2.44. The Morgan fingerprint density at radius 3 is 2.50 bits per heavy atom. The Morgan fingerprint density at radius 2 is 1.90 bits per heavy atom. The SMILES string of the molecule is COC(=O)c1nc(-c2ccc(OC)c(OC)c2)sc1N. The van der Waals surface area contributed by atoms with Gasteiger partial charge in [-0.15, -0.1) is 0 Å². The molecule has 0 fully saturated rings. The number of anilines is 1. The Bertz CT molecular complexity index is 639. The summed E-state index contributed by atoms with van der Waals surface area (Å²) in [6.07, 6.45) is 0. The molecule has 7 heteroatoms. The van der Waals surface area contributed by atoms with E-state index >= 15 is 0 Å². The normalized spacial score (nSPS) is 10.2. The molecule has 0 aliphatic heterocycles. The minimum absolute atomic E-state index is 0.127. The molecule has 0 amide bonds. The molecule has 0 aliphatic rings. The maximum absolute atomic E-state index is 11.5. The quantitative estimate of drug-likeness (QED) is 0.870. The zero-order chi connectivity index (χ0) is 14.7. The van der Waals surface area contributed by atoms with Crippen molar-refractivity contribution in [3.8, 4) is 22.1 Å². The number of benzene rings is 1. The van der Waals surface area contributed by atoms with Crippen molar-refractivity contribution in [1.82, 2.24) is 4.98 Å². The van der Waals surface area contributed by atoms with Gasteiger partial charge in [-0.1, -0.05) is 11.3 Å². The van der Waals surface area contributed by atoms with Gasteiger partial charge in [0, 0.05) is 5.56 Å². The van der Waals surface area contributed by atoms with Crippen LogP contribution in [-0.2, 0) is 4.74 Å². The molecule has 0 bridgehead atoms. The van der Waals surface area contributed by atoms with Crippen molar-refractivity contribution in [1.29, 1.82) is 0 Å². The fourth-order valence-corrected chi connectivity index (χ4v) is 2.48. The van der Waals surface area contributed by atoms with Gasteiger partial charge in [-0.25, -0.2) is 9.78 Å². The highest BCUT2D eigenvalue weighted by Crippen LogP contribution is 2.35. The summed E-state index contributed by atoms with van der Waals surface area (Å²) in [5.74, 6) is 0.651. The lowest BCUT2D eigenvalue weighted by atomic mass is 10.2. The molecule has 1 aromatic heterocycles. The van der Waals surface area contributed by atoms with E-state index in [0.29, 0.717) is 21.5 Å². The molecule has 2 N–H and O–H groups in total. The zero-order valence-electron chi connectivity index (χ0n) is 11.3. The first-order chi connectivity index (χ1) is 9.60. The first-order valence-corrected chi connectivity index (χ1v) is 6.49. The number of methoxy groups -OCH3 is 3. The number of carbonyl (C=O) groups is 1. The third-order valence-electron chi connectivity index (χ3n) is 2.66. The maximum Gasteiger partial charge on any atom is 0.359 e. The molecule has 0 aliphatic carbocycles. The van der Waals surface area contributed by atoms with Gasteiger partial charge in [0.2, 0.25) is 0 Å².